The van der Waals surface area contributed by atoms with E-state index in [0.717, 1.165) is 17.7 Å². The highest BCUT2D eigenvalue weighted by molar-refractivity contribution is 5.94. The van der Waals surface area contributed by atoms with Gasteiger partial charge < -0.3 is 15.0 Å². The van der Waals surface area contributed by atoms with Gasteiger partial charge in [0.25, 0.3) is 5.91 Å². The van der Waals surface area contributed by atoms with Crippen molar-refractivity contribution in [2.45, 2.75) is 20.0 Å². The quantitative estimate of drug-likeness (QED) is 0.894. The van der Waals surface area contributed by atoms with E-state index in [9.17, 15) is 4.79 Å². The molecule has 1 saturated heterocycles. The fraction of sp³-hybridized carbons (Fsp3) is 0.533. The molecule has 0 aliphatic carbocycles. The number of benzene rings is 1. The van der Waals surface area contributed by atoms with Gasteiger partial charge in [-0.05, 0) is 44.2 Å². The topological polar surface area (TPSA) is 41.6 Å². The molecule has 0 saturated carbocycles. The number of likely N-dealkylation sites (N-methyl/N-ethyl adjacent to an activating group) is 1. The van der Waals surface area contributed by atoms with E-state index < -0.39 is 0 Å². The Bertz CT molecular complexity index is 457. The number of morpholine rings is 1. The summed E-state index contributed by atoms with van der Waals surface area (Å²) in [5, 5.41) is 3.09. The Balaban J connectivity index is 2.08. The lowest BCUT2D eigenvalue weighted by Gasteiger charge is -2.33. The maximum absolute atomic E-state index is 12.5. The summed E-state index contributed by atoms with van der Waals surface area (Å²) in [6, 6.07) is 5.89. The third-order valence-electron chi connectivity index (χ3n) is 3.61. The van der Waals surface area contributed by atoms with Crippen LogP contribution in [0.4, 0.5) is 0 Å². The number of rotatable bonds is 3. The lowest BCUT2D eigenvalue weighted by Crippen LogP contribution is -2.48. The number of hydrogen-bond acceptors (Lipinski definition) is 3. The van der Waals surface area contributed by atoms with Gasteiger partial charge in [-0.2, -0.15) is 0 Å². The molecule has 4 heteroatoms. The van der Waals surface area contributed by atoms with Crippen LogP contribution < -0.4 is 5.32 Å². The molecular formula is C15H22N2O2. The van der Waals surface area contributed by atoms with Crippen molar-refractivity contribution >= 4 is 5.91 Å². The summed E-state index contributed by atoms with van der Waals surface area (Å²) < 4.78 is 5.62. The average Bonchev–Trinajstić information content (AvgIpc) is 2.42. The molecule has 1 amide bonds. The Kier molecular flexibility index (Phi) is 4.56. The van der Waals surface area contributed by atoms with E-state index in [1.807, 2.05) is 37.1 Å². The lowest BCUT2D eigenvalue weighted by atomic mass is 10.1. The largest absolute Gasteiger partial charge is 0.373 e. The van der Waals surface area contributed by atoms with Gasteiger partial charge in [0, 0.05) is 25.2 Å². The first-order chi connectivity index (χ1) is 9.11. The molecule has 1 unspecified atom stereocenters. The SMILES string of the molecule is CNCC1CN(C(=O)c2ccc(C)c(C)c2)CCO1. The second-order valence-electron chi connectivity index (χ2n) is 5.10. The van der Waals surface area contributed by atoms with Crippen LogP contribution in [0.3, 0.4) is 0 Å². The number of aryl methyl sites for hydroxylation is 2. The Morgan fingerprint density at radius 1 is 1.42 bits per heavy atom. The number of carbonyl (C=O) groups is 1. The Hall–Kier alpha value is -1.39. The highest BCUT2D eigenvalue weighted by Gasteiger charge is 2.24. The number of amides is 1. The number of hydrogen-bond donors (Lipinski definition) is 1. The maximum Gasteiger partial charge on any atom is 0.254 e. The maximum atomic E-state index is 12.5. The standard InChI is InChI=1S/C15H22N2O2/c1-11-4-5-13(8-12(11)2)15(18)17-6-7-19-14(10-17)9-16-3/h4-5,8,14,16H,6-7,9-10H2,1-3H3. The number of ether oxygens (including phenoxy) is 1. The van der Waals surface area contributed by atoms with Crippen LogP contribution in [0.1, 0.15) is 21.5 Å². The molecule has 1 aromatic carbocycles. The predicted octanol–water partition coefficient (Wildman–Crippen LogP) is 1.36. The van der Waals surface area contributed by atoms with Crippen LogP contribution in [-0.4, -0.2) is 50.2 Å². The first-order valence-corrected chi connectivity index (χ1v) is 6.74. The van der Waals surface area contributed by atoms with Crippen LogP contribution in [-0.2, 0) is 4.74 Å². The van der Waals surface area contributed by atoms with Gasteiger partial charge in [0.1, 0.15) is 0 Å². The minimum atomic E-state index is 0.0919. The third-order valence-corrected chi connectivity index (χ3v) is 3.61. The molecule has 0 spiro atoms. The van der Waals surface area contributed by atoms with Gasteiger partial charge in [-0.15, -0.1) is 0 Å². The van der Waals surface area contributed by atoms with Crippen molar-refractivity contribution < 1.29 is 9.53 Å². The van der Waals surface area contributed by atoms with Crippen molar-refractivity contribution in [2.24, 2.45) is 0 Å². The summed E-state index contributed by atoms with van der Waals surface area (Å²) in [7, 11) is 1.90. The molecule has 1 aromatic rings. The Morgan fingerprint density at radius 3 is 2.89 bits per heavy atom. The van der Waals surface area contributed by atoms with Crippen molar-refractivity contribution in [3.05, 3.63) is 34.9 Å². The van der Waals surface area contributed by atoms with Gasteiger partial charge in [-0.1, -0.05) is 6.07 Å². The van der Waals surface area contributed by atoms with Crippen molar-refractivity contribution in [3.8, 4) is 0 Å². The van der Waals surface area contributed by atoms with Crippen molar-refractivity contribution in [3.63, 3.8) is 0 Å². The molecule has 4 nitrogen and oxygen atoms in total. The van der Waals surface area contributed by atoms with E-state index in [1.165, 1.54) is 5.56 Å². The highest BCUT2D eigenvalue weighted by Crippen LogP contribution is 2.14. The molecular weight excluding hydrogens is 240 g/mol. The molecule has 1 N–H and O–H groups in total. The Labute approximate surface area is 114 Å². The van der Waals surface area contributed by atoms with Crippen LogP contribution in [0.15, 0.2) is 18.2 Å². The zero-order valence-electron chi connectivity index (χ0n) is 11.9. The average molecular weight is 262 g/mol. The fourth-order valence-corrected chi connectivity index (χ4v) is 2.31. The minimum Gasteiger partial charge on any atom is -0.373 e. The van der Waals surface area contributed by atoms with E-state index in [-0.39, 0.29) is 12.0 Å². The first kappa shape index (κ1) is 14.0. The monoisotopic (exact) mass is 262 g/mol. The normalized spacial score (nSPS) is 19.5. The smallest absolute Gasteiger partial charge is 0.254 e. The molecule has 2 rings (SSSR count). The van der Waals surface area contributed by atoms with Crippen LogP contribution in [0.2, 0.25) is 0 Å². The second kappa shape index (κ2) is 6.17. The Morgan fingerprint density at radius 2 is 2.21 bits per heavy atom. The molecule has 0 radical (unpaired) electrons. The minimum absolute atomic E-state index is 0.0919. The molecule has 0 aromatic heterocycles. The zero-order chi connectivity index (χ0) is 13.8. The third kappa shape index (κ3) is 3.33. The number of nitrogens with zero attached hydrogens (tertiary/aromatic N) is 1. The van der Waals surface area contributed by atoms with Crippen LogP contribution in [0.25, 0.3) is 0 Å². The first-order valence-electron chi connectivity index (χ1n) is 6.74. The summed E-state index contributed by atoms with van der Waals surface area (Å²) in [4.78, 5) is 14.3. The molecule has 1 heterocycles. The highest BCUT2D eigenvalue weighted by atomic mass is 16.5. The van der Waals surface area contributed by atoms with E-state index in [0.29, 0.717) is 19.7 Å². The van der Waals surface area contributed by atoms with Gasteiger partial charge in [0.05, 0.1) is 12.7 Å². The molecule has 1 atom stereocenters. The van der Waals surface area contributed by atoms with Crippen molar-refractivity contribution in [1.29, 1.82) is 0 Å². The number of carbonyl (C=O) groups excluding carboxylic acids is 1. The predicted molar refractivity (Wildman–Crippen MR) is 75.5 cm³/mol. The van der Waals surface area contributed by atoms with Gasteiger partial charge >= 0.3 is 0 Å². The van der Waals surface area contributed by atoms with Crippen LogP contribution in [0, 0.1) is 13.8 Å². The van der Waals surface area contributed by atoms with E-state index >= 15 is 0 Å². The molecule has 0 bridgehead atoms. The van der Waals surface area contributed by atoms with Crippen molar-refractivity contribution in [1.82, 2.24) is 10.2 Å². The molecule has 1 fully saturated rings. The van der Waals surface area contributed by atoms with E-state index in [1.54, 1.807) is 0 Å². The van der Waals surface area contributed by atoms with E-state index in [4.69, 9.17) is 4.74 Å². The van der Waals surface area contributed by atoms with Gasteiger partial charge in [0.15, 0.2) is 0 Å². The second-order valence-corrected chi connectivity index (χ2v) is 5.10. The molecule has 104 valence electrons. The molecule has 19 heavy (non-hydrogen) atoms. The summed E-state index contributed by atoms with van der Waals surface area (Å²) >= 11 is 0. The summed E-state index contributed by atoms with van der Waals surface area (Å²) in [5.41, 5.74) is 3.14. The van der Waals surface area contributed by atoms with Crippen molar-refractivity contribution in [2.75, 3.05) is 33.3 Å². The summed E-state index contributed by atoms with van der Waals surface area (Å²) in [6.45, 7) is 6.81. The van der Waals surface area contributed by atoms with Gasteiger partial charge in [-0.3, -0.25) is 4.79 Å². The summed E-state index contributed by atoms with van der Waals surface area (Å²) in [6.07, 6.45) is 0.0919. The van der Waals surface area contributed by atoms with Crippen LogP contribution in [0.5, 0.6) is 0 Å². The molecule has 1 aliphatic heterocycles. The summed E-state index contributed by atoms with van der Waals surface area (Å²) in [5.74, 6) is 0.104. The lowest BCUT2D eigenvalue weighted by molar-refractivity contribution is -0.0196. The van der Waals surface area contributed by atoms with E-state index in [2.05, 4.69) is 12.2 Å². The van der Waals surface area contributed by atoms with Crippen LogP contribution >= 0.6 is 0 Å². The zero-order valence-corrected chi connectivity index (χ0v) is 11.9. The van der Waals surface area contributed by atoms with Gasteiger partial charge in [-0.25, -0.2) is 0 Å². The van der Waals surface area contributed by atoms with Gasteiger partial charge in [0.2, 0.25) is 0 Å². The molecule has 1 aliphatic rings. The number of nitrogens with one attached hydrogen (secondary N) is 1. The fourth-order valence-electron chi connectivity index (χ4n) is 2.31.